The minimum Gasteiger partial charge on any atom is -0.389 e. The summed E-state index contributed by atoms with van der Waals surface area (Å²) in [6.07, 6.45) is 18.4. The largest absolute Gasteiger partial charge is 0.389 e. The average molecular weight is 387 g/mol. The van der Waals surface area contributed by atoms with Gasteiger partial charge >= 0.3 is 0 Å². The molecule has 29 heavy (non-hydrogen) atoms. The molecule has 2 heteroatoms. The Balaban J connectivity index is 1.96. The van der Waals surface area contributed by atoms with Crippen LogP contribution in [0, 0.1) is 0 Å². The zero-order valence-electron chi connectivity index (χ0n) is 18.3. The highest BCUT2D eigenvalue weighted by atomic mass is 15.2. The molecular formula is C27H34N2. The van der Waals surface area contributed by atoms with Gasteiger partial charge in [0.05, 0.1) is 5.54 Å². The van der Waals surface area contributed by atoms with Crippen molar-refractivity contribution in [3.63, 3.8) is 0 Å². The fourth-order valence-electron chi connectivity index (χ4n) is 4.52. The van der Waals surface area contributed by atoms with Crippen molar-refractivity contribution in [1.82, 2.24) is 10.2 Å². The summed E-state index contributed by atoms with van der Waals surface area (Å²) in [6.45, 7) is 11.7. The lowest BCUT2D eigenvalue weighted by Crippen LogP contribution is -2.45. The lowest BCUT2D eigenvalue weighted by molar-refractivity contribution is 0.252. The first-order valence-corrected chi connectivity index (χ1v) is 10.6. The van der Waals surface area contributed by atoms with Crippen LogP contribution in [0.25, 0.3) is 5.57 Å². The first-order chi connectivity index (χ1) is 14.0. The molecule has 1 unspecified atom stereocenters. The highest BCUT2D eigenvalue weighted by Gasteiger charge is 2.39. The molecule has 0 aromatic heterocycles. The minimum atomic E-state index is -0.109. The number of rotatable bonds is 8. The highest BCUT2D eigenvalue weighted by molar-refractivity contribution is 5.81. The minimum absolute atomic E-state index is 0.109. The third-order valence-electron chi connectivity index (χ3n) is 6.03. The number of likely N-dealkylation sites (N-methyl/N-ethyl adjacent to an activating group) is 1. The smallest absolute Gasteiger partial charge is 0.0775 e. The third kappa shape index (κ3) is 4.48. The van der Waals surface area contributed by atoms with Gasteiger partial charge in [-0.05, 0) is 74.5 Å². The zero-order valence-corrected chi connectivity index (χ0v) is 18.3. The summed E-state index contributed by atoms with van der Waals surface area (Å²) in [6, 6.07) is 8.92. The van der Waals surface area contributed by atoms with E-state index in [1.165, 1.54) is 22.3 Å². The number of hydrogen-bond donors (Lipinski definition) is 1. The summed E-state index contributed by atoms with van der Waals surface area (Å²) < 4.78 is 0. The Kier molecular flexibility index (Phi) is 6.64. The van der Waals surface area contributed by atoms with Crippen molar-refractivity contribution >= 4 is 5.57 Å². The van der Waals surface area contributed by atoms with E-state index in [4.69, 9.17) is 0 Å². The quantitative estimate of drug-likeness (QED) is 0.424. The van der Waals surface area contributed by atoms with E-state index in [0.717, 1.165) is 31.5 Å². The first-order valence-electron chi connectivity index (χ1n) is 10.6. The van der Waals surface area contributed by atoms with Gasteiger partial charge in [0, 0.05) is 25.5 Å². The Morgan fingerprint density at radius 2 is 2.03 bits per heavy atom. The third-order valence-corrected chi connectivity index (χ3v) is 6.03. The second-order valence-electron chi connectivity index (χ2n) is 8.13. The topological polar surface area (TPSA) is 15.3 Å². The second-order valence-corrected chi connectivity index (χ2v) is 8.13. The molecule has 1 aromatic rings. The first kappa shape index (κ1) is 21.0. The lowest BCUT2D eigenvalue weighted by Gasteiger charge is -2.43. The van der Waals surface area contributed by atoms with Crippen molar-refractivity contribution in [3.05, 3.63) is 101 Å². The molecule has 1 atom stereocenters. The van der Waals surface area contributed by atoms with E-state index in [0.29, 0.717) is 0 Å². The normalized spacial score (nSPS) is 21.0. The number of allylic oxidation sites excluding steroid dienone is 6. The molecular weight excluding hydrogens is 352 g/mol. The molecule has 2 nitrogen and oxygen atoms in total. The van der Waals surface area contributed by atoms with Gasteiger partial charge in [-0.15, -0.1) is 0 Å². The summed E-state index contributed by atoms with van der Waals surface area (Å²) in [5.41, 5.74) is 8.25. The lowest BCUT2D eigenvalue weighted by atomic mass is 9.78. The van der Waals surface area contributed by atoms with Crippen LogP contribution in [0.3, 0.4) is 0 Å². The van der Waals surface area contributed by atoms with Gasteiger partial charge in [0.2, 0.25) is 0 Å². The van der Waals surface area contributed by atoms with Crippen LogP contribution in [-0.2, 0) is 6.42 Å². The van der Waals surface area contributed by atoms with Gasteiger partial charge < -0.3 is 10.2 Å². The molecule has 1 N–H and O–H groups in total. The maximum Gasteiger partial charge on any atom is 0.0775 e. The zero-order chi connectivity index (χ0) is 20.9. The Morgan fingerprint density at radius 3 is 2.79 bits per heavy atom. The van der Waals surface area contributed by atoms with E-state index in [-0.39, 0.29) is 5.54 Å². The average Bonchev–Trinajstić information content (AvgIpc) is 3.09. The van der Waals surface area contributed by atoms with Crippen LogP contribution >= 0.6 is 0 Å². The molecule has 152 valence electrons. The molecule has 0 heterocycles. The molecule has 2 aliphatic carbocycles. The van der Waals surface area contributed by atoms with Gasteiger partial charge in [0.15, 0.2) is 0 Å². The molecule has 1 aromatic carbocycles. The van der Waals surface area contributed by atoms with Crippen molar-refractivity contribution < 1.29 is 0 Å². The van der Waals surface area contributed by atoms with E-state index in [1.54, 1.807) is 5.57 Å². The number of nitrogens with one attached hydrogen (secondary N) is 1. The van der Waals surface area contributed by atoms with Gasteiger partial charge in [-0.25, -0.2) is 0 Å². The van der Waals surface area contributed by atoms with Crippen molar-refractivity contribution in [2.75, 3.05) is 13.6 Å². The fourth-order valence-corrected chi connectivity index (χ4v) is 4.52. The number of nitrogens with zero attached hydrogens (tertiary/aromatic N) is 1. The van der Waals surface area contributed by atoms with Crippen molar-refractivity contribution in [2.24, 2.45) is 0 Å². The Bertz CT molecular complexity index is 910. The SMILES string of the molecule is C=C(/C=C\C=C/N(CCC=CC)C1(C)C=C(C)CC2=C1Cc1ccccc12)NC. The van der Waals surface area contributed by atoms with Crippen molar-refractivity contribution in [2.45, 2.75) is 45.6 Å². The van der Waals surface area contributed by atoms with Gasteiger partial charge in [0.1, 0.15) is 0 Å². The summed E-state index contributed by atoms with van der Waals surface area (Å²) in [5.74, 6) is 0. The van der Waals surface area contributed by atoms with Crippen molar-refractivity contribution in [1.29, 1.82) is 0 Å². The van der Waals surface area contributed by atoms with Gasteiger partial charge in [-0.1, -0.05) is 60.7 Å². The summed E-state index contributed by atoms with van der Waals surface area (Å²) in [4.78, 5) is 2.50. The van der Waals surface area contributed by atoms with Gasteiger partial charge in [0.25, 0.3) is 0 Å². The van der Waals surface area contributed by atoms with E-state index in [9.17, 15) is 0 Å². The molecule has 0 saturated heterocycles. The number of hydrogen-bond acceptors (Lipinski definition) is 2. The summed E-state index contributed by atoms with van der Waals surface area (Å²) >= 11 is 0. The van der Waals surface area contributed by atoms with Crippen LogP contribution in [0.2, 0.25) is 0 Å². The molecule has 0 radical (unpaired) electrons. The maximum atomic E-state index is 3.96. The molecule has 0 spiro atoms. The van der Waals surface area contributed by atoms with Crippen LogP contribution in [0.15, 0.2) is 90.3 Å². The Hall–Kier alpha value is -2.74. The van der Waals surface area contributed by atoms with E-state index in [1.807, 2.05) is 13.1 Å². The molecule has 0 aliphatic heterocycles. The van der Waals surface area contributed by atoms with E-state index < -0.39 is 0 Å². The highest BCUT2D eigenvalue weighted by Crippen LogP contribution is 2.47. The second kappa shape index (κ2) is 9.17. The fraction of sp³-hybridized carbons (Fsp3) is 0.333. The van der Waals surface area contributed by atoms with Crippen LogP contribution in [0.1, 0.15) is 44.7 Å². The summed E-state index contributed by atoms with van der Waals surface area (Å²) in [7, 11) is 1.89. The molecule has 0 bridgehead atoms. The Labute approximate surface area is 176 Å². The van der Waals surface area contributed by atoms with E-state index >= 15 is 0 Å². The maximum absolute atomic E-state index is 3.96. The van der Waals surface area contributed by atoms with Crippen LogP contribution < -0.4 is 5.32 Å². The van der Waals surface area contributed by atoms with Crippen LogP contribution in [0.5, 0.6) is 0 Å². The van der Waals surface area contributed by atoms with Crippen molar-refractivity contribution in [3.8, 4) is 0 Å². The van der Waals surface area contributed by atoms with Crippen LogP contribution in [0.4, 0.5) is 0 Å². The molecule has 2 aliphatic rings. The predicted octanol–water partition coefficient (Wildman–Crippen LogP) is 6.18. The molecule has 0 fully saturated rings. The standard InChI is InChI=1S/C27H34N2/c1-6-7-11-16-29(17-12-10-13-22(3)28-5)27(4)20-21(2)18-25-24-15-9-8-14-23(24)19-26(25)27/h6-10,12-15,17,20,28H,3,11,16,18-19H2,1-2,4-5H3/b7-6?,13-10-,17-12-. The summed E-state index contributed by atoms with van der Waals surface area (Å²) in [5, 5.41) is 3.06. The predicted molar refractivity (Wildman–Crippen MR) is 126 cm³/mol. The van der Waals surface area contributed by atoms with Gasteiger partial charge in [-0.2, -0.15) is 0 Å². The number of fused-ring (bicyclic) bond motifs is 2. The van der Waals surface area contributed by atoms with E-state index in [2.05, 4.69) is 98.4 Å². The van der Waals surface area contributed by atoms with Gasteiger partial charge in [-0.3, -0.25) is 0 Å². The van der Waals surface area contributed by atoms with Crippen LogP contribution in [-0.4, -0.2) is 24.0 Å². The molecule has 3 rings (SSSR count). The molecule has 0 amide bonds. The monoisotopic (exact) mass is 386 g/mol. The Morgan fingerprint density at radius 1 is 1.24 bits per heavy atom. The number of benzene rings is 1. The molecule has 0 saturated carbocycles.